The van der Waals surface area contributed by atoms with E-state index in [9.17, 15) is 4.79 Å². The van der Waals surface area contributed by atoms with Crippen LogP contribution in [-0.2, 0) is 0 Å². The molecule has 2 aliphatic rings. The highest BCUT2D eigenvalue weighted by Gasteiger charge is 2.51. The van der Waals surface area contributed by atoms with Gasteiger partial charge in [-0.25, -0.2) is 9.78 Å². The number of nitrogens with zero attached hydrogens (tertiary/aromatic N) is 5. The second kappa shape index (κ2) is 3.80. The van der Waals surface area contributed by atoms with Crippen LogP contribution in [0.5, 0.6) is 0 Å². The van der Waals surface area contributed by atoms with Crippen LogP contribution in [0.3, 0.4) is 0 Å². The van der Waals surface area contributed by atoms with Gasteiger partial charge in [0.2, 0.25) is 0 Å². The topological polar surface area (TPSA) is 54.3 Å². The van der Waals surface area contributed by atoms with Crippen molar-refractivity contribution in [2.24, 2.45) is 0 Å². The molecule has 6 heteroatoms. The van der Waals surface area contributed by atoms with Gasteiger partial charge in [-0.05, 0) is 19.4 Å². The summed E-state index contributed by atoms with van der Waals surface area (Å²) < 4.78 is 1.33. The van der Waals surface area contributed by atoms with Crippen molar-refractivity contribution in [2.75, 3.05) is 26.2 Å². The highest BCUT2D eigenvalue weighted by molar-refractivity contribution is 5.77. The zero-order chi connectivity index (χ0) is 11.9. The summed E-state index contributed by atoms with van der Waals surface area (Å²) >= 11 is 0. The molecule has 1 spiro atoms. The Labute approximate surface area is 100 Å². The van der Waals surface area contributed by atoms with Gasteiger partial charge in [0.15, 0.2) is 0 Å². The van der Waals surface area contributed by atoms with Crippen LogP contribution in [0.15, 0.2) is 12.7 Å². The van der Waals surface area contributed by atoms with Gasteiger partial charge in [-0.2, -0.15) is 9.78 Å². The lowest BCUT2D eigenvalue weighted by atomic mass is 9.84. The molecule has 3 rings (SSSR count). The summed E-state index contributed by atoms with van der Waals surface area (Å²) in [6, 6.07) is -0.0355. The van der Waals surface area contributed by atoms with E-state index in [2.05, 4.69) is 21.9 Å². The molecule has 1 amide bonds. The molecule has 92 valence electrons. The van der Waals surface area contributed by atoms with Crippen molar-refractivity contribution >= 4 is 6.03 Å². The SMILES string of the molecule is CCN1CCC2(CCN2C(=O)n2cncn2)C1. The van der Waals surface area contributed by atoms with Crippen molar-refractivity contribution in [3.63, 3.8) is 0 Å². The Kier molecular flexibility index (Phi) is 2.39. The fourth-order valence-electron chi connectivity index (χ4n) is 2.90. The maximum Gasteiger partial charge on any atom is 0.346 e. The average molecular weight is 235 g/mol. The molecule has 1 atom stereocenters. The van der Waals surface area contributed by atoms with E-state index in [1.54, 1.807) is 0 Å². The molecule has 0 radical (unpaired) electrons. The van der Waals surface area contributed by atoms with Crippen LogP contribution in [0.4, 0.5) is 4.79 Å². The predicted octanol–water partition coefficient (Wildman–Crippen LogP) is 0.416. The van der Waals surface area contributed by atoms with Gasteiger partial charge in [0.25, 0.3) is 0 Å². The molecule has 3 heterocycles. The highest BCUT2D eigenvalue weighted by Crippen LogP contribution is 2.39. The first-order valence-electron chi connectivity index (χ1n) is 6.14. The normalized spacial score (nSPS) is 28.6. The Morgan fingerprint density at radius 3 is 2.76 bits per heavy atom. The van der Waals surface area contributed by atoms with E-state index in [0.29, 0.717) is 0 Å². The van der Waals surface area contributed by atoms with E-state index in [4.69, 9.17) is 0 Å². The van der Waals surface area contributed by atoms with Crippen LogP contribution in [-0.4, -0.2) is 62.3 Å². The molecule has 0 saturated carbocycles. The van der Waals surface area contributed by atoms with Gasteiger partial charge in [-0.1, -0.05) is 6.92 Å². The highest BCUT2D eigenvalue weighted by atomic mass is 16.2. The molecule has 0 aliphatic carbocycles. The van der Waals surface area contributed by atoms with Crippen LogP contribution in [0.25, 0.3) is 0 Å². The molecule has 1 aromatic rings. The summed E-state index contributed by atoms with van der Waals surface area (Å²) in [5.41, 5.74) is 0.0685. The number of carbonyl (C=O) groups is 1. The van der Waals surface area contributed by atoms with Crippen LogP contribution < -0.4 is 0 Å². The third kappa shape index (κ3) is 1.55. The zero-order valence-electron chi connectivity index (χ0n) is 10.0. The molecule has 17 heavy (non-hydrogen) atoms. The quantitative estimate of drug-likeness (QED) is 0.707. The Morgan fingerprint density at radius 1 is 1.41 bits per heavy atom. The first-order chi connectivity index (χ1) is 8.25. The van der Waals surface area contributed by atoms with Crippen molar-refractivity contribution in [2.45, 2.75) is 25.3 Å². The molecule has 1 aromatic heterocycles. The first-order valence-corrected chi connectivity index (χ1v) is 6.14. The van der Waals surface area contributed by atoms with Gasteiger partial charge in [0.05, 0.1) is 5.54 Å². The van der Waals surface area contributed by atoms with Crippen molar-refractivity contribution in [1.82, 2.24) is 24.6 Å². The number of hydrogen-bond donors (Lipinski definition) is 0. The van der Waals surface area contributed by atoms with Crippen LogP contribution in [0, 0.1) is 0 Å². The molecular weight excluding hydrogens is 218 g/mol. The van der Waals surface area contributed by atoms with Crippen LogP contribution in [0.1, 0.15) is 19.8 Å². The lowest BCUT2D eigenvalue weighted by Gasteiger charge is -2.50. The number of likely N-dealkylation sites (N-methyl/N-ethyl adjacent to an activating group) is 1. The second-order valence-corrected chi connectivity index (χ2v) is 4.87. The fourth-order valence-corrected chi connectivity index (χ4v) is 2.90. The Balaban J connectivity index is 1.75. The Hall–Kier alpha value is -1.43. The number of carbonyl (C=O) groups excluding carboxylic acids is 1. The molecule has 6 nitrogen and oxygen atoms in total. The van der Waals surface area contributed by atoms with Crippen molar-refractivity contribution < 1.29 is 4.79 Å². The molecule has 2 aliphatic heterocycles. The minimum absolute atomic E-state index is 0.0355. The predicted molar refractivity (Wildman–Crippen MR) is 61.6 cm³/mol. The minimum Gasteiger partial charge on any atom is -0.316 e. The summed E-state index contributed by atoms with van der Waals surface area (Å²) in [6.45, 7) is 6.17. The number of aromatic nitrogens is 3. The van der Waals surface area contributed by atoms with Crippen molar-refractivity contribution in [1.29, 1.82) is 0 Å². The number of amides is 1. The zero-order valence-corrected chi connectivity index (χ0v) is 10.0. The maximum atomic E-state index is 12.2. The first kappa shape index (κ1) is 10.7. The second-order valence-electron chi connectivity index (χ2n) is 4.87. The monoisotopic (exact) mass is 235 g/mol. The summed E-state index contributed by atoms with van der Waals surface area (Å²) in [7, 11) is 0. The lowest BCUT2D eigenvalue weighted by Crippen LogP contribution is -2.64. The molecule has 2 fully saturated rings. The van der Waals surface area contributed by atoms with E-state index in [-0.39, 0.29) is 11.6 Å². The minimum atomic E-state index is -0.0355. The van der Waals surface area contributed by atoms with Crippen LogP contribution in [0.2, 0.25) is 0 Å². The molecule has 1 unspecified atom stereocenters. The molecule has 0 N–H and O–H groups in total. The third-order valence-corrected chi connectivity index (χ3v) is 4.08. The van der Waals surface area contributed by atoms with Gasteiger partial charge in [-0.3, -0.25) is 0 Å². The summed E-state index contributed by atoms with van der Waals surface area (Å²) in [6.07, 6.45) is 5.07. The summed E-state index contributed by atoms with van der Waals surface area (Å²) in [4.78, 5) is 20.4. The van der Waals surface area contributed by atoms with E-state index in [0.717, 1.165) is 39.0 Å². The molecule has 0 bridgehead atoms. The average Bonchev–Trinajstić information content (AvgIpc) is 2.98. The number of hydrogen-bond acceptors (Lipinski definition) is 4. The Morgan fingerprint density at radius 2 is 2.24 bits per heavy atom. The van der Waals surface area contributed by atoms with Gasteiger partial charge >= 0.3 is 6.03 Å². The molecular formula is C11H17N5O. The lowest BCUT2D eigenvalue weighted by molar-refractivity contribution is 0.0304. The maximum absolute atomic E-state index is 12.2. The van der Waals surface area contributed by atoms with Gasteiger partial charge in [0.1, 0.15) is 12.7 Å². The van der Waals surface area contributed by atoms with E-state index in [1.807, 2.05) is 4.90 Å². The van der Waals surface area contributed by atoms with E-state index < -0.39 is 0 Å². The van der Waals surface area contributed by atoms with E-state index in [1.165, 1.54) is 17.3 Å². The third-order valence-electron chi connectivity index (χ3n) is 4.08. The molecule has 0 aromatic carbocycles. The smallest absolute Gasteiger partial charge is 0.316 e. The number of likely N-dealkylation sites (tertiary alicyclic amines) is 2. The van der Waals surface area contributed by atoms with Crippen molar-refractivity contribution in [3.05, 3.63) is 12.7 Å². The van der Waals surface area contributed by atoms with Gasteiger partial charge in [0, 0.05) is 19.6 Å². The fraction of sp³-hybridized carbons (Fsp3) is 0.727. The van der Waals surface area contributed by atoms with Gasteiger partial charge in [-0.15, -0.1) is 0 Å². The molecule has 2 saturated heterocycles. The van der Waals surface area contributed by atoms with Crippen LogP contribution >= 0.6 is 0 Å². The largest absolute Gasteiger partial charge is 0.346 e. The Bertz CT molecular complexity index is 418. The van der Waals surface area contributed by atoms with E-state index >= 15 is 0 Å². The standard InChI is InChI=1S/C11H17N5O/c1-2-14-5-3-11(7-14)4-6-15(11)10(17)16-9-12-8-13-16/h8-9H,2-7H2,1H3. The summed E-state index contributed by atoms with van der Waals surface area (Å²) in [5, 5.41) is 3.91. The van der Waals surface area contributed by atoms with Gasteiger partial charge < -0.3 is 9.80 Å². The summed E-state index contributed by atoms with van der Waals surface area (Å²) in [5.74, 6) is 0. The van der Waals surface area contributed by atoms with Crippen molar-refractivity contribution in [3.8, 4) is 0 Å². The number of rotatable bonds is 1.